The molecule has 0 aromatic carbocycles. The molecule has 4 heteroatoms. The number of rotatable bonds is 5. The van der Waals surface area contributed by atoms with Crippen LogP contribution in [-0.4, -0.2) is 40.5 Å². The molecular weight excluding hydrogens is 166 g/mol. The third kappa shape index (κ3) is 1.89. The lowest BCUT2D eigenvalue weighted by molar-refractivity contribution is 0.133. The van der Waals surface area contributed by atoms with Gasteiger partial charge >= 0.3 is 0 Å². The third-order valence-electron chi connectivity index (χ3n) is 2.68. The zero-order chi connectivity index (χ0) is 10.1. The molecule has 1 aliphatic rings. The maximum Gasteiger partial charge on any atom is 0.0836 e. The van der Waals surface area contributed by atoms with Crippen LogP contribution < -0.4 is 5.73 Å². The zero-order valence-electron chi connectivity index (χ0n) is 7.95. The second kappa shape index (κ2) is 3.12. The fourth-order valence-corrected chi connectivity index (χ4v) is 1.48. The first-order chi connectivity index (χ1) is 5.95. The van der Waals surface area contributed by atoms with Gasteiger partial charge in [-0.3, -0.25) is 0 Å². The number of nitrogens with one attached hydrogen (secondary N) is 1. The quantitative estimate of drug-likeness (QED) is 0.522. The van der Waals surface area contributed by atoms with Crippen molar-refractivity contribution in [3.05, 3.63) is 12.8 Å². The van der Waals surface area contributed by atoms with Gasteiger partial charge in [0.25, 0.3) is 0 Å². The molecular formula is C9H17N3O. The lowest BCUT2D eigenvalue weighted by atomic mass is 10.2. The van der Waals surface area contributed by atoms with Crippen LogP contribution in [0.25, 0.3) is 0 Å². The molecule has 2 unspecified atom stereocenters. The Labute approximate surface area is 78.5 Å². The van der Waals surface area contributed by atoms with Crippen molar-refractivity contribution in [1.82, 2.24) is 4.90 Å². The molecule has 0 heterocycles. The minimum absolute atomic E-state index is 0.499. The van der Waals surface area contributed by atoms with Crippen molar-refractivity contribution < 1.29 is 5.11 Å². The van der Waals surface area contributed by atoms with Crippen LogP contribution in [0.1, 0.15) is 13.3 Å². The van der Waals surface area contributed by atoms with Gasteiger partial charge in [0.15, 0.2) is 0 Å². The summed E-state index contributed by atoms with van der Waals surface area (Å²) in [4.78, 5) is 1.83. The molecule has 0 aliphatic heterocycles. The summed E-state index contributed by atoms with van der Waals surface area (Å²) in [5.41, 5.74) is 4.64. The van der Waals surface area contributed by atoms with Crippen molar-refractivity contribution in [2.45, 2.75) is 24.5 Å². The van der Waals surface area contributed by atoms with Crippen LogP contribution in [0, 0.1) is 5.41 Å². The van der Waals surface area contributed by atoms with Gasteiger partial charge in [-0.15, -0.1) is 0 Å². The van der Waals surface area contributed by atoms with E-state index in [9.17, 15) is 5.11 Å². The van der Waals surface area contributed by atoms with Gasteiger partial charge in [0, 0.05) is 19.2 Å². The van der Waals surface area contributed by atoms with E-state index in [-0.39, 0.29) is 0 Å². The Balaban J connectivity index is 2.48. The molecule has 1 saturated carbocycles. The van der Waals surface area contributed by atoms with Crippen LogP contribution in [0.5, 0.6) is 0 Å². The van der Waals surface area contributed by atoms with Crippen molar-refractivity contribution in [1.29, 1.82) is 5.41 Å². The first-order valence-electron chi connectivity index (χ1n) is 4.32. The number of hydrogen-bond acceptors (Lipinski definition) is 4. The van der Waals surface area contributed by atoms with E-state index < -0.39 is 11.1 Å². The van der Waals surface area contributed by atoms with Crippen molar-refractivity contribution >= 4 is 6.21 Å². The molecule has 2 atom stereocenters. The Morgan fingerprint density at radius 1 is 1.77 bits per heavy atom. The van der Waals surface area contributed by atoms with Gasteiger partial charge in [0.2, 0.25) is 0 Å². The molecule has 0 radical (unpaired) electrons. The molecule has 0 bridgehead atoms. The first kappa shape index (κ1) is 10.2. The summed E-state index contributed by atoms with van der Waals surface area (Å²) in [6.45, 7) is 6.41. The molecule has 0 spiro atoms. The minimum Gasteiger partial charge on any atom is -0.388 e. The Morgan fingerprint density at radius 3 is 2.62 bits per heavy atom. The Hall–Kier alpha value is -0.870. The molecule has 74 valence electrons. The van der Waals surface area contributed by atoms with Crippen molar-refractivity contribution in [3.8, 4) is 0 Å². The number of aliphatic hydroxyl groups is 1. The Bertz CT molecular complexity index is 227. The highest BCUT2D eigenvalue weighted by Gasteiger charge is 2.61. The highest BCUT2D eigenvalue weighted by Crippen LogP contribution is 2.45. The third-order valence-corrected chi connectivity index (χ3v) is 2.68. The molecule has 1 aliphatic carbocycles. The Morgan fingerprint density at radius 2 is 2.31 bits per heavy atom. The SMILES string of the molecule is C=CN(CC=N)CC1(N)CC1(C)O. The fourth-order valence-electron chi connectivity index (χ4n) is 1.48. The number of nitrogens with zero attached hydrogens (tertiary/aromatic N) is 1. The van der Waals surface area contributed by atoms with E-state index in [4.69, 9.17) is 11.1 Å². The summed E-state index contributed by atoms with van der Waals surface area (Å²) in [6, 6.07) is 0. The first-order valence-corrected chi connectivity index (χ1v) is 4.32. The van der Waals surface area contributed by atoms with Crippen molar-refractivity contribution in [3.63, 3.8) is 0 Å². The highest BCUT2D eigenvalue weighted by molar-refractivity contribution is 5.55. The second-order valence-electron chi connectivity index (χ2n) is 3.92. The van der Waals surface area contributed by atoms with E-state index in [1.165, 1.54) is 6.21 Å². The topological polar surface area (TPSA) is 73.3 Å². The van der Waals surface area contributed by atoms with Gasteiger partial charge in [-0.1, -0.05) is 6.58 Å². The van der Waals surface area contributed by atoms with Gasteiger partial charge in [0.05, 0.1) is 17.7 Å². The molecule has 0 aromatic heterocycles. The summed E-state index contributed by atoms with van der Waals surface area (Å²) in [5.74, 6) is 0. The smallest absolute Gasteiger partial charge is 0.0836 e. The normalized spacial score (nSPS) is 36.8. The van der Waals surface area contributed by atoms with Gasteiger partial charge in [0.1, 0.15) is 0 Å². The van der Waals surface area contributed by atoms with Gasteiger partial charge in [-0.05, 0) is 13.1 Å². The van der Waals surface area contributed by atoms with E-state index in [0.717, 1.165) is 0 Å². The van der Waals surface area contributed by atoms with Crippen LogP contribution in [-0.2, 0) is 0 Å². The summed E-state index contributed by atoms with van der Waals surface area (Å²) in [5, 5.41) is 16.6. The molecule has 0 amide bonds. The maximum absolute atomic E-state index is 9.62. The lowest BCUT2D eigenvalue weighted by Gasteiger charge is -2.23. The lowest BCUT2D eigenvalue weighted by Crippen LogP contribution is -2.43. The minimum atomic E-state index is -0.754. The molecule has 4 nitrogen and oxygen atoms in total. The molecule has 0 saturated heterocycles. The predicted molar refractivity (Wildman–Crippen MR) is 52.7 cm³/mol. The van der Waals surface area contributed by atoms with Gasteiger partial charge in [-0.25, -0.2) is 0 Å². The van der Waals surface area contributed by atoms with Crippen molar-refractivity contribution in [2.75, 3.05) is 13.1 Å². The van der Waals surface area contributed by atoms with Crippen LogP contribution in [0.3, 0.4) is 0 Å². The van der Waals surface area contributed by atoms with Crippen LogP contribution in [0.15, 0.2) is 12.8 Å². The fraction of sp³-hybridized carbons (Fsp3) is 0.667. The molecule has 13 heavy (non-hydrogen) atoms. The highest BCUT2D eigenvalue weighted by atomic mass is 16.3. The average Bonchev–Trinajstić information content (AvgIpc) is 2.50. The van der Waals surface area contributed by atoms with E-state index in [1.54, 1.807) is 13.1 Å². The van der Waals surface area contributed by atoms with Crippen LogP contribution in [0.4, 0.5) is 0 Å². The molecule has 0 aromatic rings. The molecule has 1 rings (SSSR count). The number of nitrogens with two attached hydrogens (primary N) is 1. The largest absolute Gasteiger partial charge is 0.388 e. The summed E-state index contributed by atoms with van der Waals surface area (Å²) in [6.07, 6.45) is 3.55. The summed E-state index contributed by atoms with van der Waals surface area (Å²) in [7, 11) is 0. The summed E-state index contributed by atoms with van der Waals surface area (Å²) >= 11 is 0. The maximum atomic E-state index is 9.62. The van der Waals surface area contributed by atoms with Crippen LogP contribution >= 0.6 is 0 Å². The predicted octanol–water partition coefficient (Wildman–Crippen LogP) is -0.0663. The number of hydrogen-bond donors (Lipinski definition) is 3. The summed E-state index contributed by atoms with van der Waals surface area (Å²) < 4.78 is 0. The zero-order valence-corrected chi connectivity index (χ0v) is 7.95. The molecule has 1 fully saturated rings. The van der Waals surface area contributed by atoms with E-state index >= 15 is 0 Å². The second-order valence-corrected chi connectivity index (χ2v) is 3.92. The average molecular weight is 183 g/mol. The molecule has 4 N–H and O–H groups in total. The Kier molecular flexibility index (Phi) is 2.45. The van der Waals surface area contributed by atoms with Gasteiger partial charge in [-0.2, -0.15) is 0 Å². The van der Waals surface area contributed by atoms with E-state index in [1.807, 2.05) is 4.90 Å². The van der Waals surface area contributed by atoms with Gasteiger partial charge < -0.3 is 21.1 Å². The van der Waals surface area contributed by atoms with Crippen molar-refractivity contribution in [2.24, 2.45) is 5.73 Å². The monoisotopic (exact) mass is 183 g/mol. The van der Waals surface area contributed by atoms with E-state index in [0.29, 0.717) is 19.5 Å². The van der Waals surface area contributed by atoms with Crippen LogP contribution in [0.2, 0.25) is 0 Å². The standard InChI is InChI=1S/C9H17N3O/c1-3-12(5-4-10)7-9(11)6-8(9,2)13/h3-4,10,13H,1,5-7,11H2,2H3. The van der Waals surface area contributed by atoms with E-state index in [2.05, 4.69) is 6.58 Å².